The molecule has 2 heterocycles. The second-order valence-electron chi connectivity index (χ2n) is 5.49. The Bertz CT molecular complexity index is 686. The number of amides is 1. The van der Waals surface area contributed by atoms with E-state index in [1.54, 1.807) is 18.5 Å². The van der Waals surface area contributed by atoms with E-state index in [4.69, 9.17) is 4.74 Å². The first-order valence-corrected chi connectivity index (χ1v) is 8.41. The molecule has 0 aliphatic heterocycles. The highest BCUT2D eigenvalue weighted by Gasteiger charge is 2.21. The number of aromatic nitrogens is 2. The third-order valence-corrected chi connectivity index (χ3v) is 4.76. The van der Waals surface area contributed by atoms with Gasteiger partial charge in [0, 0.05) is 10.8 Å². The quantitative estimate of drug-likeness (QED) is 0.864. The Morgan fingerprint density at radius 1 is 1.36 bits per heavy atom. The number of anilines is 1. The molecular weight excluding hydrogens is 322 g/mol. The number of ether oxygens (including phenoxy) is 1. The summed E-state index contributed by atoms with van der Waals surface area (Å²) in [7, 11) is 0. The van der Waals surface area contributed by atoms with Crippen molar-refractivity contribution in [2.24, 2.45) is 0 Å². The highest BCUT2D eigenvalue weighted by Crippen LogP contribution is 2.27. The summed E-state index contributed by atoms with van der Waals surface area (Å²) >= 11 is 2.53. The SMILES string of the molecule is CCOC(=O)c1csc(NC(=O)c2cnc(C(C)(C)C)s2)n1. The summed E-state index contributed by atoms with van der Waals surface area (Å²) in [6.45, 7) is 8.14. The zero-order valence-electron chi connectivity index (χ0n) is 12.8. The van der Waals surface area contributed by atoms with Gasteiger partial charge in [-0.25, -0.2) is 14.8 Å². The summed E-state index contributed by atoms with van der Waals surface area (Å²) in [6, 6.07) is 0. The summed E-state index contributed by atoms with van der Waals surface area (Å²) in [5, 5.41) is 5.48. The Morgan fingerprint density at radius 2 is 2.09 bits per heavy atom. The van der Waals surface area contributed by atoms with E-state index in [1.165, 1.54) is 22.7 Å². The predicted molar refractivity (Wildman–Crippen MR) is 86.8 cm³/mol. The van der Waals surface area contributed by atoms with Crippen molar-refractivity contribution in [3.63, 3.8) is 0 Å². The molecule has 2 rings (SSSR count). The lowest BCUT2D eigenvalue weighted by Crippen LogP contribution is -2.11. The van der Waals surface area contributed by atoms with E-state index in [9.17, 15) is 9.59 Å². The maximum atomic E-state index is 12.2. The van der Waals surface area contributed by atoms with Crippen LogP contribution in [-0.4, -0.2) is 28.5 Å². The van der Waals surface area contributed by atoms with Gasteiger partial charge >= 0.3 is 5.97 Å². The molecule has 0 bridgehead atoms. The number of nitrogens with zero attached hydrogens (tertiary/aromatic N) is 2. The summed E-state index contributed by atoms with van der Waals surface area (Å²) < 4.78 is 4.86. The summed E-state index contributed by atoms with van der Waals surface area (Å²) in [4.78, 5) is 32.5. The van der Waals surface area contributed by atoms with Crippen molar-refractivity contribution < 1.29 is 14.3 Å². The maximum Gasteiger partial charge on any atom is 0.357 e. The van der Waals surface area contributed by atoms with Crippen LogP contribution in [0.4, 0.5) is 5.13 Å². The molecule has 0 radical (unpaired) electrons. The number of esters is 1. The predicted octanol–water partition coefficient (Wildman–Crippen LogP) is 3.33. The zero-order chi connectivity index (χ0) is 16.3. The Labute approximate surface area is 136 Å². The molecule has 0 unspecified atom stereocenters. The van der Waals surface area contributed by atoms with Gasteiger partial charge in [0.05, 0.1) is 17.8 Å². The minimum atomic E-state index is -0.493. The van der Waals surface area contributed by atoms with Crippen LogP contribution in [0.5, 0.6) is 0 Å². The molecule has 0 spiro atoms. The van der Waals surface area contributed by atoms with Crippen molar-refractivity contribution in [1.29, 1.82) is 0 Å². The standard InChI is InChI=1S/C14H17N3O3S2/c1-5-20-11(19)8-7-21-13(16-8)17-10(18)9-6-15-12(22-9)14(2,3)4/h6-7H,5H2,1-4H3,(H,16,17,18). The number of rotatable bonds is 4. The van der Waals surface area contributed by atoms with Crippen LogP contribution in [0.1, 0.15) is 52.9 Å². The molecule has 0 atom stereocenters. The lowest BCUT2D eigenvalue weighted by molar-refractivity contribution is 0.0520. The van der Waals surface area contributed by atoms with Gasteiger partial charge in [0.1, 0.15) is 4.88 Å². The smallest absolute Gasteiger partial charge is 0.357 e. The Hall–Kier alpha value is -1.80. The molecule has 0 aliphatic rings. The first kappa shape index (κ1) is 16.6. The van der Waals surface area contributed by atoms with Crippen LogP contribution in [0.2, 0.25) is 0 Å². The first-order chi connectivity index (χ1) is 10.3. The van der Waals surface area contributed by atoms with Gasteiger partial charge < -0.3 is 4.74 Å². The molecule has 0 aliphatic carbocycles. The van der Waals surface area contributed by atoms with Crippen LogP contribution in [-0.2, 0) is 10.2 Å². The Morgan fingerprint density at radius 3 is 2.68 bits per heavy atom. The van der Waals surface area contributed by atoms with Crippen LogP contribution in [0.3, 0.4) is 0 Å². The third-order valence-electron chi connectivity index (χ3n) is 2.58. The van der Waals surface area contributed by atoms with Gasteiger partial charge in [-0.05, 0) is 6.92 Å². The van der Waals surface area contributed by atoms with Crippen molar-refractivity contribution in [3.8, 4) is 0 Å². The summed E-state index contributed by atoms with van der Waals surface area (Å²) in [5.74, 6) is -0.773. The highest BCUT2D eigenvalue weighted by molar-refractivity contribution is 7.15. The molecule has 118 valence electrons. The van der Waals surface area contributed by atoms with E-state index in [-0.39, 0.29) is 23.6 Å². The van der Waals surface area contributed by atoms with Crippen molar-refractivity contribution >= 4 is 39.7 Å². The fraction of sp³-hybridized carbons (Fsp3) is 0.429. The molecule has 6 nitrogen and oxygen atoms in total. The number of carbonyl (C=O) groups excluding carboxylic acids is 2. The van der Waals surface area contributed by atoms with E-state index >= 15 is 0 Å². The highest BCUT2D eigenvalue weighted by atomic mass is 32.1. The zero-order valence-corrected chi connectivity index (χ0v) is 14.4. The van der Waals surface area contributed by atoms with Gasteiger partial charge in [-0.1, -0.05) is 20.8 Å². The second kappa shape index (κ2) is 6.53. The van der Waals surface area contributed by atoms with Crippen LogP contribution in [0.25, 0.3) is 0 Å². The number of carbonyl (C=O) groups is 2. The van der Waals surface area contributed by atoms with Gasteiger partial charge in [0.15, 0.2) is 10.8 Å². The van der Waals surface area contributed by atoms with Crippen LogP contribution < -0.4 is 5.32 Å². The summed E-state index contributed by atoms with van der Waals surface area (Å²) in [5.41, 5.74) is 0.100. The second-order valence-corrected chi connectivity index (χ2v) is 7.38. The van der Waals surface area contributed by atoms with E-state index in [2.05, 4.69) is 15.3 Å². The number of hydrogen-bond donors (Lipinski definition) is 1. The average Bonchev–Trinajstić information content (AvgIpc) is 3.07. The van der Waals surface area contributed by atoms with Crippen molar-refractivity contribution in [1.82, 2.24) is 9.97 Å². The molecule has 1 amide bonds. The van der Waals surface area contributed by atoms with Crippen molar-refractivity contribution in [2.45, 2.75) is 33.1 Å². The molecule has 2 aromatic rings. The molecule has 0 saturated heterocycles. The summed E-state index contributed by atoms with van der Waals surface area (Å²) in [6.07, 6.45) is 1.56. The topological polar surface area (TPSA) is 81.2 Å². The molecule has 0 saturated carbocycles. The molecule has 1 N–H and O–H groups in total. The number of nitrogens with one attached hydrogen (secondary N) is 1. The normalized spacial score (nSPS) is 11.3. The lowest BCUT2D eigenvalue weighted by atomic mass is 9.98. The van der Waals surface area contributed by atoms with Crippen LogP contribution in [0.15, 0.2) is 11.6 Å². The van der Waals surface area contributed by atoms with Gasteiger partial charge in [0.25, 0.3) is 5.91 Å². The lowest BCUT2D eigenvalue weighted by Gasteiger charge is -2.13. The van der Waals surface area contributed by atoms with Gasteiger partial charge in [0.2, 0.25) is 0 Å². The van der Waals surface area contributed by atoms with Crippen molar-refractivity contribution in [2.75, 3.05) is 11.9 Å². The molecule has 0 aromatic carbocycles. The maximum absolute atomic E-state index is 12.2. The van der Waals surface area contributed by atoms with Crippen LogP contribution in [0, 0.1) is 0 Å². The third kappa shape index (κ3) is 3.89. The van der Waals surface area contributed by atoms with E-state index in [0.717, 1.165) is 5.01 Å². The Balaban J connectivity index is 2.06. The number of thiazole rings is 2. The Kier molecular flexibility index (Phi) is 4.92. The van der Waals surface area contributed by atoms with Gasteiger partial charge in [-0.15, -0.1) is 22.7 Å². The molecular formula is C14H17N3O3S2. The average molecular weight is 339 g/mol. The van der Waals surface area contributed by atoms with Crippen molar-refractivity contribution in [3.05, 3.63) is 27.2 Å². The van der Waals surface area contributed by atoms with E-state index < -0.39 is 5.97 Å². The van der Waals surface area contributed by atoms with Gasteiger partial charge in [-0.2, -0.15) is 0 Å². The van der Waals surface area contributed by atoms with Gasteiger partial charge in [-0.3, -0.25) is 10.1 Å². The number of hydrogen-bond acceptors (Lipinski definition) is 7. The minimum Gasteiger partial charge on any atom is -0.461 e. The molecule has 2 aromatic heterocycles. The van der Waals surface area contributed by atoms with E-state index in [0.29, 0.717) is 10.0 Å². The largest absolute Gasteiger partial charge is 0.461 e. The minimum absolute atomic E-state index is 0.0958. The van der Waals surface area contributed by atoms with Crippen LogP contribution >= 0.6 is 22.7 Å². The monoisotopic (exact) mass is 339 g/mol. The van der Waals surface area contributed by atoms with E-state index in [1.807, 2.05) is 20.8 Å². The fourth-order valence-corrected chi connectivity index (χ4v) is 3.06. The fourth-order valence-electron chi connectivity index (χ4n) is 1.51. The molecule has 0 fully saturated rings. The first-order valence-electron chi connectivity index (χ1n) is 6.71. The molecule has 22 heavy (non-hydrogen) atoms. The molecule has 8 heteroatoms.